The van der Waals surface area contributed by atoms with E-state index in [2.05, 4.69) is 4.74 Å². The maximum Gasteiger partial charge on any atom is 0.339 e. The van der Waals surface area contributed by atoms with E-state index < -0.39 is 6.10 Å². The van der Waals surface area contributed by atoms with E-state index in [9.17, 15) is 4.79 Å². The second-order valence-electron chi connectivity index (χ2n) is 2.20. The van der Waals surface area contributed by atoms with Gasteiger partial charge in [0.1, 0.15) is 0 Å². The van der Waals surface area contributed by atoms with Gasteiger partial charge in [0.25, 0.3) is 0 Å². The molecule has 3 nitrogen and oxygen atoms in total. The van der Waals surface area contributed by atoms with Gasteiger partial charge in [-0.15, -0.1) is 0 Å². The van der Waals surface area contributed by atoms with Gasteiger partial charge in [-0.05, 0) is 16.8 Å². The summed E-state index contributed by atoms with van der Waals surface area (Å²) >= 11 is 1.52. The lowest BCUT2D eigenvalue weighted by atomic mass is 10.2. The molecule has 0 aliphatic carbocycles. The van der Waals surface area contributed by atoms with E-state index in [0.717, 1.165) is 5.56 Å². The Bertz CT molecular complexity index is 243. The molecule has 0 saturated heterocycles. The van der Waals surface area contributed by atoms with Gasteiger partial charge in [-0.2, -0.15) is 11.3 Å². The van der Waals surface area contributed by atoms with Gasteiger partial charge >= 0.3 is 5.97 Å². The SMILES string of the molecule is COC(=O)[C@@H](OC)c1ccsc1. The molecule has 1 rings (SSSR count). The van der Waals surface area contributed by atoms with E-state index in [1.54, 1.807) is 0 Å². The lowest BCUT2D eigenvalue weighted by Gasteiger charge is -2.10. The number of methoxy groups -OCH3 is 2. The third-order valence-electron chi connectivity index (χ3n) is 1.50. The molecule has 0 N–H and O–H groups in total. The van der Waals surface area contributed by atoms with Gasteiger partial charge in [0.2, 0.25) is 0 Å². The molecule has 0 fully saturated rings. The topological polar surface area (TPSA) is 35.5 Å². The average Bonchev–Trinajstić information content (AvgIpc) is 2.58. The number of hydrogen-bond donors (Lipinski definition) is 0. The molecule has 0 radical (unpaired) electrons. The fourth-order valence-electron chi connectivity index (χ4n) is 0.900. The van der Waals surface area contributed by atoms with Crippen molar-refractivity contribution < 1.29 is 14.3 Å². The van der Waals surface area contributed by atoms with Gasteiger partial charge in [0.05, 0.1) is 7.11 Å². The fourth-order valence-corrected chi connectivity index (χ4v) is 1.57. The van der Waals surface area contributed by atoms with Crippen LogP contribution >= 0.6 is 11.3 Å². The van der Waals surface area contributed by atoms with Gasteiger partial charge in [0.15, 0.2) is 6.10 Å². The van der Waals surface area contributed by atoms with E-state index >= 15 is 0 Å². The Kier molecular flexibility index (Phi) is 3.25. The van der Waals surface area contributed by atoms with Crippen molar-refractivity contribution in [3.63, 3.8) is 0 Å². The van der Waals surface area contributed by atoms with Crippen LogP contribution in [0.25, 0.3) is 0 Å². The van der Waals surface area contributed by atoms with E-state index in [-0.39, 0.29) is 5.97 Å². The summed E-state index contributed by atoms with van der Waals surface area (Å²) < 4.78 is 9.55. The number of carbonyl (C=O) groups excluding carboxylic acids is 1. The Morgan fingerprint density at radius 1 is 1.58 bits per heavy atom. The van der Waals surface area contributed by atoms with E-state index in [4.69, 9.17) is 4.74 Å². The van der Waals surface area contributed by atoms with E-state index in [1.807, 2.05) is 16.8 Å². The quantitative estimate of drug-likeness (QED) is 0.673. The van der Waals surface area contributed by atoms with Gasteiger partial charge < -0.3 is 9.47 Å². The molecule has 0 aromatic carbocycles. The van der Waals surface area contributed by atoms with Crippen LogP contribution in [0, 0.1) is 0 Å². The summed E-state index contributed by atoms with van der Waals surface area (Å²) in [4.78, 5) is 11.1. The van der Waals surface area contributed by atoms with Crippen LogP contribution < -0.4 is 0 Å². The van der Waals surface area contributed by atoms with Crippen LogP contribution in [-0.2, 0) is 14.3 Å². The largest absolute Gasteiger partial charge is 0.467 e. The predicted octanol–water partition coefficient (Wildman–Crippen LogP) is 1.61. The fraction of sp³-hybridized carbons (Fsp3) is 0.375. The maximum atomic E-state index is 11.1. The van der Waals surface area contributed by atoms with E-state index in [0.29, 0.717) is 0 Å². The van der Waals surface area contributed by atoms with Crippen LogP contribution in [0.15, 0.2) is 16.8 Å². The summed E-state index contributed by atoms with van der Waals surface area (Å²) in [6, 6.07) is 1.84. The predicted molar refractivity (Wildman–Crippen MR) is 46.1 cm³/mol. The van der Waals surface area contributed by atoms with Crippen LogP contribution in [0.1, 0.15) is 11.7 Å². The highest BCUT2D eigenvalue weighted by Crippen LogP contribution is 2.20. The first-order valence-corrected chi connectivity index (χ1v) is 4.36. The van der Waals surface area contributed by atoms with Gasteiger partial charge in [0, 0.05) is 12.7 Å². The third-order valence-corrected chi connectivity index (χ3v) is 2.20. The first kappa shape index (κ1) is 9.22. The summed E-state index contributed by atoms with van der Waals surface area (Å²) in [6.45, 7) is 0. The highest BCUT2D eigenvalue weighted by atomic mass is 32.1. The molecule has 1 atom stereocenters. The van der Waals surface area contributed by atoms with Crippen molar-refractivity contribution in [2.45, 2.75) is 6.10 Å². The van der Waals surface area contributed by atoms with Crippen LogP contribution in [0.4, 0.5) is 0 Å². The number of hydrogen-bond acceptors (Lipinski definition) is 4. The number of thiophene rings is 1. The van der Waals surface area contributed by atoms with Crippen LogP contribution in [-0.4, -0.2) is 20.2 Å². The minimum Gasteiger partial charge on any atom is -0.467 e. The Balaban J connectivity index is 2.76. The molecule has 12 heavy (non-hydrogen) atoms. The molecule has 1 aromatic heterocycles. The zero-order valence-electron chi connectivity index (χ0n) is 6.94. The van der Waals surface area contributed by atoms with Crippen molar-refractivity contribution >= 4 is 17.3 Å². The van der Waals surface area contributed by atoms with Crippen molar-refractivity contribution in [1.82, 2.24) is 0 Å². The second kappa shape index (κ2) is 4.23. The molecule has 0 amide bonds. The van der Waals surface area contributed by atoms with Crippen molar-refractivity contribution in [3.05, 3.63) is 22.4 Å². The smallest absolute Gasteiger partial charge is 0.339 e. The molecule has 4 heteroatoms. The molecule has 1 aromatic rings. The highest BCUT2D eigenvalue weighted by molar-refractivity contribution is 7.08. The maximum absolute atomic E-state index is 11.1. The second-order valence-corrected chi connectivity index (χ2v) is 2.98. The average molecular weight is 186 g/mol. The van der Waals surface area contributed by atoms with Crippen molar-refractivity contribution in [2.24, 2.45) is 0 Å². The van der Waals surface area contributed by atoms with E-state index in [1.165, 1.54) is 25.6 Å². The lowest BCUT2D eigenvalue weighted by molar-refractivity contribution is -0.152. The lowest BCUT2D eigenvalue weighted by Crippen LogP contribution is -2.15. The monoisotopic (exact) mass is 186 g/mol. The van der Waals surface area contributed by atoms with Crippen LogP contribution in [0.3, 0.4) is 0 Å². The molecule has 66 valence electrons. The number of rotatable bonds is 3. The Labute approximate surface area is 74.9 Å². The highest BCUT2D eigenvalue weighted by Gasteiger charge is 2.20. The summed E-state index contributed by atoms with van der Waals surface area (Å²) in [7, 11) is 2.83. The third kappa shape index (κ3) is 1.84. The molecule has 0 aliphatic heterocycles. The normalized spacial score (nSPS) is 12.5. The number of esters is 1. The summed E-state index contributed by atoms with van der Waals surface area (Å²) in [5.41, 5.74) is 0.842. The summed E-state index contributed by atoms with van der Waals surface area (Å²) in [6.07, 6.45) is -0.582. The minimum atomic E-state index is -0.582. The molecule has 0 bridgehead atoms. The Hall–Kier alpha value is -0.870. The van der Waals surface area contributed by atoms with Crippen molar-refractivity contribution in [2.75, 3.05) is 14.2 Å². The molecule has 0 aliphatic rings. The minimum absolute atomic E-state index is 0.365. The zero-order chi connectivity index (χ0) is 8.97. The Morgan fingerprint density at radius 2 is 2.33 bits per heavy atom. The summed E-state index contributed by atoms with van der Waals surface area (Å²) in [5, 5.41) is 3.76. The zero-order valence-corrected chi connectivity index (χ0v) is 7.76. The standard InChI is InChI=1S/C8H10O3S/c1-10-7(8(9)11-2)6-3-4-12-5-6/h3-5,7H,1-2H3/t7-/m0/s1. The van der Waals surface area contributed by atoms with Gasteiger partial charge in [-0.3, -0.25) is 0 Å². The van der Waals surface area contributed by atoms with Crippen LogP contribution in [0.2, 0.25) is 0 Å². The number of carbonyl (C=O) groups is 1. The molecule has 0 spiro atoms. The number of ether oxygens (including phenoxy) is 2. The van der Waals surface area contributed by atoms with Crippen molar-refractivity contribution in [3.8, 4) is 0 Å². The molecule has 1 heterocycles. The molecule has 0 unspecified atom stereocenters. The molecular formula is C8H10O3S. The first-order valence-electron chi connectivity index (χ1n) is 3.42. The molecular weight excluding hydrogens is 176 g/mol. The van der Waals surface area contributed by atoms with Gasteiger partial charge in [-0.25, -0.2) is 4.79 Å². The van der Waals surface area contributed by atoms with Crippen molar-refractivity contribution in [1.29, 1.82) is 0 Å². The first-order chi connectivity index (χ1) is 5.79. The molecule has 0 saturated carbocycles. The summed E-state index contributed by atoms with van der Waals surface area (Å²) in [5.74, 6) is -0.365. The van der Waals surface area contributed by atoms with Crippen LogP contribution in [0.5, 0.6) is 0 Å². The van der Waals surface area contributed by atoms with Gasteiger partial charge in [-0.1, -0.05) is 0 Å². The Morgan fingerprint density at radius 3 is 2.75 bits per heavy atom.